The Morgan fingerprint density at radius 3 is 2.54 bits per heavy atom. The van der Waals surface area contributed by atoms with Crippen molar-refractivity contribution in [3.8, 4) is 17.3 Å². The molecule has 0 amide bonds. The summed E-state index contributed by atoms with van der Waals surface area (Å²) in [5, 5.41) is 0. The van der Waals surface area contributed by atoms with E-state index in [0.29, 0.717) is 29.0 Å². The molecular formula is C17H12F3N3O. The Labute approximate surface area is 136 Å². The Hall–Kier alpha value is -2.96. The summed E-state index contributed by atoms with van der Waals surface area (Å²) >= 11 is 0. The van der Waals surface area contributed by atoms with Gasteiger partial charge in [0.05, 0.1) is 5.69 Å². The average molecular weight is 331 g/mol. The van der Waals surface area contributed by atoms with Crippen molar-refractivity contribution in [3.05, 3.63) is 71.4 Å². The first-order chi connectivity index (χ1) is 11.5. The van der Waals surface area contributed by atoms with Crippen LogP contribution in [0.5, 0.6) is 5.75 Å². The number of benzene rings is 1. The van der Waals surface area contributed by atoms with Gasteiger partial charge in [0.25, 0.3) is 0 Å². The zero-order valence-corrected chi connectivity index (χ0v) is 12.6. The third-order valence-corrected chi connectivity index (χ3v) is 3.17. The van der Waals surface area contributed by atoms with E-state index in [1.807, 2.05) is 0 Å². The maximum Gasteiger partial charge on any atom is 0.203 e. The summed E-state index contributed by atoms with van der Waals surface area (Å²) in [6.07, 6.45) is 1.61. The quantitative estimate of drug-likeness (QED) is 0.682. The molecule has 0 radical (unpaired) electrons. The Bertz CT molecular complexity index is 872. The fraction of sp³-hybridized carbons (Fsp3) is 0.118. The third-order valence-electron chi connectivity index (χ3n) is 3.17. The molecule has 0 bridgehead atoms. The van der Waals surface area contributed by atoms with Crippen molar-refractivity contribution in [1.29, 1.82) is 0 Å². The molecular weight excluding hydrogens is 319 g/mol. The van der Waals surface area contributed by atoms with Crippen LogP contribution in [0.2, 0.25) is 0 Å². The lowest BCUT2D eigenvalue weighted by Crippen LogP contribution is -2.05. The van der Waals surface area contributed by atoms with Gasteiger partial charge in [0.2, 0.25) is 5.82 Å². The van der Waals surface area contributed by atoms with Crippen molar-refractivity contribution >= 4 is 0 Å². The number of pyridine rings is 1. The molecule has 0 saturated heterocycles. The van der Waals surface area contributed by atoms with Gasteiger partial charge in [-0.25, -0.2) is 18.7 Å². The summed E-state index contributed by atoms with van der Waals surface area (Å²) < 4.78 is 45.4. The highest BCUT2D eigenvalue weighted by molar-refractivity contribution is 5.48. The van der Waals surface area contributed by atoms with Crippen molar-refractivity contribution in [2.75, 3.05) is 0 Å². The minimum atomic E-state index is -1.37. The highest BCUT2D eigenvalue weighted by Gasteiger charge is 2.16. The predicted octanol–water partition coefficient (Wildman–Crippen LogP) is 3.84. The molecule has 122 valence electrons. The molecule has 24 heavy (non-hydrogen) atoms. The van der Waals surface area contributed by atoms with Crippen molar-refractivity contribution in [1.82, 2.24) is 15.0 Å². The van der Waals surface area contributed by atoms with Gasteiger partial charge in [-0.15, -0.1) is 0 Å². The average Bonchev–Trinajstić information content (AvgIpc) is 2.59. The first-order valence-electron chi connectivity index (χ1n) is 7.07. The lowest BCUT2D eigenvalue weighted by Gasteiger charge is -2.10. The summed E-state index contributed by atoms with van der Waals surface area (Å²) in [5.41, 5.74) is 1.60. The molecule has 0 unspecified atom stereocenters. The minimum absolute atomic E-state index is 0.236. The summed E-state index contributed by atoms with van der Waals surface area (Å²) in [6.45, 7) is 1.52. The molecule has 0 N–H and O–H groups in total. The van der Waals surface area contributed by atoms with E-state index >= 15 is 0 Å². The molecule has 2 aromatic heterocycles. The molecule has 3 aromatic rings. The number of aromatic nitrogens is 3. The van der Waals surface area contributed by atoms with Gasteiger partial charge >= 0.3 is 0 Å². The van der Waals surface area contributed by atoms with E-state index in [4.69, 9.17) is 4.74 Å². The number of aryl methyl sites for hydroxylation is 1. The van der Waals surface area contributed by atoms with E-state index in [2.05, 4.69) is 15.0 Å². The Kier molecular flexibility index (Phi) is 4.41. The molecule has 4 nitrogen and oxygen atoms in total. The Morgan fingerprint density at radius 2 is 1.79 bits per heavy atom. The number of hydrogen-bond donors (Lipinski definition) is 0. The second-order valence-electron chi connectivity index (χ2n) is 5.00. The largest absolute Gasteiger partial charge is 0.481 e. The predicted molar refractivity (Wildman–Crippen MR) is 80.6 cm³/mol. The summed E-state index contributed by atoms with van der Waals surface area (Å²) in [4.78, 5) is 12.7. The van der Waals surface area contributed by atoms with Crippen molar-refractivity contribution in [2.45, 2.75) is 13.5 Å². The molecule has 0 aliphatic rings. The second-order valence-corrected chi connectivity index (χ2v) is 5.00. The van der Waals surface area contributed by atoms with E-state index < -0.39 is 23.2 Å². The fourth-order valence-corrected chi connectivity index (χ4v) is 2.10. The van der Waals surface area contributed by atoms with E-state index in [9.17, 15) is 13.2 Å². The second kappa shape index (κ2) is 6.66. The van der Waals surface area contributed by atoms with Crippen LogP contribution in [0.15, 0.2) is 42.6 Å². The fourth-order valence-electron chi connectivity index (χ4n) is 2.10. The van der Waals surface area contributed by atoms with Crippen LogP contribution in [0.25, 0.3) is 11.5 Å². The first-order valence-corrected chi connectivity index (χ1v) is 7.07. The van der Waals surface area contributed by atoms with Gasteiger partial charge in [-0.1, -0.05) is 6.07 Å². The standard InChI is InChI=1S/C17H12F3N3O/c1-10-8-11(23-17(22-10)14-4-2-3-7-21-14)9-24-16-13(19)6-5-12(18)15(16)20/h2-8H,9H2,1H3. The molecule has 0 aliphatic heterocycles. The van der Waals surface area contributed by atoms with Crippen molar-refractivity contribution in [2.24, 2.45) is 0 Å². The smallest absolute Gasteiger partial charge is 0.203 e. The van der Waals surface area contributed by atoms with Crippen LogP contribution in [0.4, 0.5) is 13.2 Å². The van der Waals surface area contributed by atoms with Gasteiger partial charge < -0.3 is 4.74 Å². The molecule has 7 heteroatoms. The number of hydrogen-bond acceptors (Lipinski definition) is 4. The maximum absolute atomic E-state index is 13.6. The van der Waals surface area contributed by atoms with Crippen LogP contribution in [-0.4, -0.2) is 15.0 Å². The van der Waals surface area contributed by atoms with E-state index in [0.717, 1.165) is 6.07 Å². The first kappa shape index (κ1) is 15.9. The Morgan fingerprint density at radius 1 is 1.00 bits per heavy atom. The number of ether oxygens (including phenoxy) is 1. The highest BCUT2D eigenvalue weighted by Crippen LogP contribution is 2.24. The van der Waals surface area contributed by atoms with Crippen molar-refractivity contribution in [3.63, 3.8) is 0 Å². The molecule has 0 aliphatic carbocycles. The van der Waals surface area contributed by atoms with E-state index in [1.165, 1.54) is 0 Å². The van der Waals surface area contributed by atoms with Gasteiger partial charge in [0.15, 0.2) is 23.2 Å². The zero-order chi connectivity index (χ0) is 17.1. The number of nitrogens with zero attached hydrogens (tertiary/aromatic N) is 3. The molecule has 2 heterocycles. The van der Waals surface area contributed by atoms with Crippen LogP contribution >= 0.6 is 0 Å². The van der Waals surface area contributed by atoms with Crippen LogP contribution in [-0.2, 0) is 6.61 Å². The normalized spacial score (nSPS) is 10.7. The van der Waals surface area contributed by atoms with Crippen LogP contribution in [0, 0.1) is 24.4 Å². The zero-order valence-electron chi connectivity index (χ0n) is 12.6. The minimum Gasteiger partial charge on any atom is -0.481 e. The van der Waals surface area contributed by atoms with E-state index in [1.54, 1.807) is 37.4 Å². The summed E-state index contributed by atoms with van der Waals surface area (Å²) in [7, 11) is 0. The van der Waals surface area contributed by atoms with Crippen LogP contribution < -0.4 is 4.74 Å². The summed E-state index contributed by atoms with van der Waals surface area (Å²) in [5.74, 6) is -3.94. The summed E-state index contributed by atoms with van der Waals surface area (Å²) in [6, 6.07) is 8.41. The number of rotatable bonds is 4. The Balaban J connectivity index is 1.87. The van der Waals surface area contributed by atoms with Gasteiger partial charge in [-0.05, 0) is 37.3 Å². The molecule has 1 aromatic carbocycles. The number of halogens is 3. The molecule has 3 rings (SSSR count). The molecule has 0 spiro atoms. The lowest BCUT2D eigenvalue weighted by atomic mass is 10.3. The highest BCUT2D eigenvalue weighted by atomic mass is 19.2. The maximum atomic E-state index is 13.6. The molecule has 0 atom stereocenters. The SMILES string of the molecule is Cc1cc(COc2c(F)ccc(F)c2F)nc(-c2ccccn2)n1. The van der Waals surface area contributed by atoms with E-state index in [-0.39, 0.29) is 6.61 Å². The monoisotopic (exact) mass is 331 g/mol. The molecule has 0 fully saturated rings. The third kappa shape index (κ3) is 3.34. The van der Waals surface area contributed by atoms with Crippen LogP contribution in [0.1, 0.15) is 11.4 Å². The van der Waals surface area contributed by atoms with Gasteiger partial charge in [0, 0.05) is 11.9 Å². The van der Waals surface area contributed by atoms with Crippen molar-refractivity contribution < 1.29 is 17.9 Å². The topological polar surface area (TPSA) is 47.9 Å². The lowest BCUT2D eigenvalue weighted by molar-refractivity contribution is 0.264. The van der Waals surface area contributed by atoms with Gasteiger partial charge in [0.1, 0.15) is 12.3 Å². The van der Waals surface area contributed by atoms with Gasteiger partial charge in [-0.2, -0.15) is 4.39 Å². The molecule has 0 saturated carbocycles. The van der Waals surface area contributed by atoms with Crippen LogP contribution in [0.3, 0.4) is 0 Å². The van der Waals surface area contributed by atoms with Gasteiger partial charge in [-0.3, -0.25) is 4.98 Å².